The van der Waals surface area contributed by atoms with Gasteiger partial charge in [0.25, 0.3) is 0 Å². The van der Waals surface area contributed by atoms with Crippen LogP contribution in [-0.4, -0.2) is 29.7 Å². The maximum Gasteiger partial charge on any atom is 0.0595 e. The van der Waals surface area contributed by atoms with Crippen molar-refractivity contribution in [2.45, 2.75) is 13.0 Å². The monoisotopic (exact) mass is 259 g/mol. The summed E-state index contributed by atoms with van der Waals surface area (Å²) in [6, 6.07) is 5.75. The summed E-state index contributed by atoms with van der Waals surface area (Å²) >= 11 is 11.8. The predicted molar refractivity (Wildman–Crippen MR) is 66.9 cm³/mol. The summed E-state index contributed by atoms with van der Waals surface area (Å²) in [5.74, 6) is 0.433. The number of aliphatic hydroxyl groups is 1. The molecule has 2 nitrogen and oxygen atoms in total. The van der Waals surface area contributed by atoms with Crippen LogP contribution in [0.3, 0.4) is 0 Å². The molecule has 1 unspecified atom stereocenters. The van der Waals surface area contributed by atoms with Crippen molar-refractivity contribution in [1.82, 2.24) is 4.90 Å². The fourth-order valence-electron chi connectivity index (χ4n) is 2.10. The van der Waals surface area contributed by atoms with Crippen molar-refractivity contribution in [1.29, 1.82) is 0 Å². The molecule has 1 aromatic rings. The zero-order chi connectivity index (χ0) is 11.5. The molecule has 1 aliphatic rings. The smallest absolute Gasteiger partial charge is 0.0595 e. The summed E-state index contributed by atoms with van der Waals surface area (Å²) in [6.45, 7) is 3.19. The van der Waals surface area contributed by atoms with Crippen LogP contribution in [0.15, 0.2) is 18.2 Å². The van der Waals surface area contributed by atoms with Gasteiger partial charge in [-0.15, -0.1) is 0 Å². The summed E-state index contributed by atoms with van der Waals surface area (Å²) < 4.78 is 0. The highest BCUT2D eigenvalue weighted by atomic mass is 35.5. The van der Waals surface area contributed by atoms with E-state index in [1.807, 2.05) is 18.2 Å². The molecule has 1 atom stereocenters. The third-order valence-electron chi connectivity index (χ3n) is 3.02. The van der Waals surface area contributed by atoms with E-state index >= 15 is 0 Å². The molecule has 0 aromatic heterocycles. The standard InChI is InChI=1S/C12H15Cl2NO/c13-11-2-1-9(5-12(11)14)6-15-4-3-10(7-15)8-16/h1-2,5,10,16H,3-4,6-8H2. The number of likely N-dealkylation sites (tertiary alicyclic amines) is 1. The minimum Gasteiger partial charge on any atom is -0.396 e. The molecule has 1 heterocycles. The molecule has 88 valence electrons. The summed E-state index contributed by atoms with van der Waals surface area (Å²) in [7, 11) is 0. The van der Waals surface area contributed by atoms with Gasteiger partial charge in [-0.2, -0.15) is 0 Å². The van der Waals surface area contributed by atoms with Crippen LogP contribution in [0, 0.1) is 5.92 Å². The highest BCUT2D eigenvalue weighted by Gasteiger charge is 2.21. The average Bonchev–Trinajstić information content (AvgIpc) is 2.71. The summed E-state index contributed by atoms with van der Waals surface area (Å²) in [6.07, 6.45) is 1.08. The first-order valence-corrected chi connectivity index (χ1v) is 6.22. The Morgan fingerprint density at radius 2 is 2.12 bits per heavy atom. The molecule has 0 radical (unpaired) electrons. The highest BCUT2D eigenvalue weighted by Crippen LogP contribution is 2.24. The molecule has 16 heavy (non-hydrogen) atoms. The zero-order valence-corrected chi connectivity index (χ0v) is 10.5. The van der Waals surface area contributed by atoms with Gasteiger partial charge in [-0.3, -0.25) is 4.90 Å². The van der Waals surface area contributed by atoms with E-state index in [0.717, 1.165) is 26.1 Å². The maximum absolute atomic E-state index is 9.07. The van der Waals surface area contributed by atoms with Crippen LogP contribution in [-0.2, 0) is 6.54 Å². The number of aliphatic hydroxyl groups excluding tert-OH is 1. The van der Waals surface area contributed by atoms with E-state index in [2.05, 4.69) is 4.90 Å². The average molecular weight is 260 g/mol. The molecule has 0 saturated carbocycles. The van der Waals surface area contributed by atoms with Crippen LogP contribution in [0.25, 0.3) is 0 Å². The van der Waals surface area contributed by atoms with Crippen LogP contribution in [0.2, 0.25) is 10.0 Å². The first kappa shape index (κ1) is 12.2. The minimum absolute atomic E-state index is 0.290. The Bertz CT molecular complexity index is 370. The molecule has 0 spiro atoms. The lowest BCUT2D eigenvalue weighted by Crippen LogP contribution is -2.20. The number of rotatable bonds is 3. The van der Waals surface area contributed by atoms with Gasteiger partial charge in [0.05, 0.1) is 10.0 Å². The van der Waals surface area contributed by atoms with Gasteiger partial charge in [0.15, 0.2) is 0 Å². The van der Waals surface area contributed by atoms with Crippen molar-refractivity contribution < 1.29 is 5.11 Å². The molecule has 0 amide bonds. The second-order valence-corrected chi connectivity index (χ2v) is 5.14. The number of hydrogen-bond donors (Lipinski definition) is 1. The predicted octanol–water partition coefficient (Wildman–Crippen LogP) is 2.81. The molecule has 0 aliphatic carbocycles. The number of nitrogens with zero attached hydrogens (tertiary/aromatic N) is 1. The Kier molecular flexibility index (Phi) is 4.09. The molecular formula is C12H15Cl2NO. The van der Waals surface area contributed by atoms with Gasteiger partial charge in [-0.05, 0) is 36.6 Å². The molecule has 1 aromatic carbocycles. The van der Waals surface area contributed by atoms with Gasteiger partial charge in [0.2, 0.25) is 0 Å². The summed E-state index contributed by atoms with van der Waals surface area (Å²) in [5, 5.41) is 10.3. The molecule has 1 saturated heterocycles. The number of benzene rings is 1. The Morgan fingerprint density at radius 3 is 2.75 bits per heavy atom. The van der Waals surface area contributed by atoms with E-state index in [1.54, 1.807) is 0 Å². The number of halogens is 2. The summed E-state index contributed by atoms with van der Waals surface area (Å²) in [5.41, 5.74) is 1.17. The van der Waals surface area contributed by atoms with Gasteiger partial charge >= 0.3 is 0 Å². The van der Waals surface area contributed by atoms with Gasteiger partial charge < -0.3 is 5.11 Å². The molecule has 1 fully saturated rings. The Labute approximate surface area is 106 Å². The lowest BCUT2D eigenvalue weighted by atomic mass is 10.1. The van der Waals surface area contributed by atoms with Crippen molar-refractivity contribution in [2.24, 2.45) is 5.92 Å². The Morgan fingerprint density at radius 1 is 1.31 bits per heavy atom. The molecule has 1 N–H and O–H groups in total. The van der Waals surface area contributed by atoms with Gasteiger partial charge in [-0.1, -0.05) is 29.3 Å². The van der Waals surface area contributed by atoms with Gasteiger partial charge in [-0.25, -0.2) is 0 Å². The van der Waals surface area contributed by atoms with E-state index < -0.39 is 0 Å². The quantitative estimate of drug-likeness (QED) is 0.903. The van der Waals surface area contributed by atoms with Gasteiger partial charge in [0.1, 0.15) is 0 Å². The number of hydrogen-bond acceptors (Lipinski definition) is 2. The van der Waals surface area contributed by atoms with Crippen molar-refractivity contribution in [3.05, 3.63) is 33.8 Å². The first-order chi connectivity index (χ1) is 7.69. The van der Waals surface area contributed by atoms with Crippen LogP contribution in [0.5, 0.6) is 0 Å². The maximum atomic E-state index is 9.07. The molecule has 1 aliphatic heterocycles. The van der Waals surface area contributed by atoms with Crippen molar-refractivity contribution >= 4 is 23.2 Å². The molecule has 0 bridgehead atoms. The minimum atomic E-state index is 0.290. The normalized spacial score (nSPS) is 21.6. The van der Waals surface area contributed by atoms with Gasteiger partial charge in [0, 0.05) is 19.7 Å². The zero-order valence-electron chi connectivity index (χ0n) is 9.00. The van der Waals surface area contributed by atoms with Crippen LogP contribution < -0.4 is 0 Å². The lowest BCUT2D eigenvalue weighted by molar-refractivity contribution is 0.220. The lowest BCUT2D eigenvalue weighted by Gasteiger charge is -2.15. The van der Waals surface area contributed by atoms with E-state index in [9.17, 15) is 0 Å². The Balaban J connectivity index is 1.97. The van der Waals surface area contributed by atoms with E-state index in [1.165, 1.54) is 5.56 Å². The molecule has 2 rings (SSSR count). The van der Waals surface area contributed by atoms with Crippen molar-refractivity contribution in [2.75, 3.05) is 19.7 Å². The van der Waals surface area contributed by atoms with Crippen LogP contribution in [0.4, 0.5) is 0 Å². The SMILES string of the molecule is OCC1CCN(Cc2ccc(Cl)c(Cl)c2)C1. The van der Waals surface area contributed by atoms with E-state index in [-0.39, 0.29) is 6.61 Å². The summed E-state index contributed by atoms with van der Waals surface area (Å²) in [4.78, 5) is 2.33. The highest BCUT2D eigenvalue weighted by molar-refractivity contribution is 6.42. The second-order valence-electron chi connectivity index (χ2n) is 4.32. The van der Waals surface area contributed by atoms with Crippen molar-refractivity contribution in [3.8, 4) is 0 Å². The third kappa shape index (κ3) is 2.89. The first-order valence-electron chi connectivity index (χ1n) is 5.46. The molecular weight excluding hydrogens is 245 g/mol. The van der Waals surface area contributed by atoms with Crippen LogP contribution >= 0.6 is 23.2 Å². The fourth-order valence-corrected chi connectivity index (χ4v) is 2.42. The second kappa shape index (κ2) is 5.37. The van der Waals surface area contributed by atoms with E-state index in [4.69, 9.17) is 28.3 Å². The molecule has 4 heteroatoms. The fraction of sp³-hybridized carbons (Fsp3) is 0.500. The topological polar surface area (TPSA) is 23.5 Å². The Hall–Kier alpha value is -0.280. The third-order valence-corrected chi connectivity index (χ3v) is 3.76. The van der Waals surface area contributed by atoms with Crippen molar-refractivity contribution in [3.63, 3.8) is 0 Å². The largest absolute Gasteiger partial charge is 0.396 e. The van der Waals surface area contributed by atoms with Crippen LogP contribution in [0.1, 0.15) is 12.0 Å². The van der Waals surface area contributed by atoms with E-state index in [0.29, 0.717) is 16.0 Å².